The van der Waals surface area contributed by atoms with Gasteiger partial charge < -0.3 is 10.6 Å². The number of hydrogen-bond donors (Lipinski definition) is 2. The largest absolute Gasteiger partial charge is 0.356 e. The summed E-state index contributed by atoms with van der Waals surface area (Å²) in [7, 11) is 0. The molecule has 0 unspecified atom stereocenters. The molecule has 0 radical (unpaired) electrons. The van der Waals surface area contributed by atoms with Crippen LogP contribution in [0.1, 0.15) is 30.5 Å². The molecule has 0 aliphatic heterocycles. The summed E-state index contributed by atoms with van der Waals surface area (Å²) in [5, 5.41) is 7.25. The van der Waals surface area contributed by atoms with Gasteiger partial charge in [-0.2, -0.15) is 0 Å². The van der Waals surface area contributed by atoms with Crippen LogP contribution in [0.4, 0.5) is 5.69 Å². The third-order valence-corrected chi connectivity index (χ3v) is 3.44. The van der Waals surface area contributed by atoms with Gasteiger partial charge >= 0.3 is 0 Å². The van der Waals surface area contributed by atoms with E-state index < -0.39 is 0 Å². The Bertz CT molecular complexity index is 549. The Labute approximate surface area is 126 Å². The summed E-state index contributed by atoms with van der Waals surface area (Å²) in [4.78, 5) is 0. The fraction of sp³-hybridized carbons (Fsp3) is 0.235. The first-order valence-electron chi connectivity index (χ1n) is 6.88. The summed E-state index contributed by atoms with van der Waals surface area (Å²) in [5.41, 5.74) is 3.50. The molecule has 0 heterocycles. The fourth-order valence-corrected chi connectivity index (χ4v) is 2.33. The maximum absolute atomic E-state index is 5.39. The van der Waals surface area contributed by atoms with E-state index in [1.54, 1.807) is 0 Å². The van der Waals surface area contributed by atoms with Crippen molar-refractivity contribution in [1.82, 2.24) is 5.32 Å². The third-order valence-electron chi connectivity index (χ3n) is 3.22. The molecule has 2 rings (SSSR count). The number of aryl methyl sites for hydroxylation is 1. The average molecular weight is 284 g/mol. The van der Waals surface area contributed by atoms with Crippen LogP contribution in [0.25, 0.3) is 0 Å². The van der Waals surface area contributed by atoms with E-state index in [9.17, 15) is 0 Å². The van der Waals surface area contributed by atoms with Crippen LogP contribution in [0.5, 0.6) is 0 Å². The molecule has 2 nitrogen and oxygen atoms in total. The Morgan fingerprint density at radius 3 is 2.30 bits per heavy atom. The van der Waals surface area contributed by atoms with Crippen molar-refractivity contribution in [2.75, 3.05) is 5.32 Å². The van der Waals surface area contributed by atoms with E-state index >= 15 is 0 Å². The summed E-state index contributed by atoms with van der Waals surface area (Å²) in [6.07, 6.45) is 0.986. The second kappa shape index (κ2) is 7.06. The quantitative estimate of drug-likeness (QED) is 0.812. The molecule has 0 aromatic heterocycles. The number of rotatable bonds is 4. The van der Waals surface area contributed by atoms with E-state index in [4.69, 9.17) is 12.2 Å². The summed E-state index contributed by atoms with van der Waals surface area (Å²) in [5.74, 6) is 0. The second-order valence-corrected chi connectivity index (χ2v) is 5.24. The van der Waals surface area contributed by atoms with Gasteiger partial charge in [0.25, 0.3) is 0 Å². The van der Waals surface area contributed by atoms with E-state index in [0.29, 0.717) is 5.11 Å². The lowest BCUT2D eigenvalue weighted by atomic mass is 10.1. The lowest BCUT2D eigenvalue weighted by molar-refractivity contribution is 0.629. The Morgan fingerprint density at radius 1 is 1.05 bits per heavy atom. The Kier molecular flexibility index (Phi) is 5.13. The van der Waals surface area contributed by atoms with E-state index in [2.05, 4.69) is 60.9 Å². The van der Waals surface area contributed by atoms with Gasteiger partial charge in [0, 0.05) is 5.69 Å². The lowest BCUT2D eigenvalue weighted by Crippen LogP contribution is -2.32. The summed E-state index contributed by atoms with van der Waals surface area (Å²) < 4.78 is 0. The molecule has 0 spiro atoms. The first-order valence-corrected chi connectivity index (χ1v) is 7.29. The van der Waals surface area contributed by atoms with Crippen molar-refractivity contribution >= 4 is 23.0 Å². The van der Waals surface area contributed by atoms with Gasteiger partial charge in [-0.05, 0) is 43.3 Å². The molecule has 20 heavy (non-hydrogen) atoms. The van der Waals surface area contributed by atoms with Crippen molar-refractivity contribution in [2.24, 2.45) is 0 Å². The summed E-state index contributed by atoms with van der Waals surface area (Å²) >= 11 is 5.39. The molecular weight excluding hydrogens is 264 g/mol. The van der Waals surface area contributed by atoms with E-state index in [1.165, 1.54) is 11.1 Å². The van der Waals surface area contributed by atoms with Gasteiger partial charge in [-0.15, -0.1) is 0 Å². The fourth-order valence-electron chi connectivity index (χ4n) is 2.07. The van der Waals surface area contributed by atoms with Crippen molar-refractivity contribution in [1.29, 1.82) is 0 Å². The standard InChI is InChI=1S/C17H20N2S/c1-3-16(14-7-5-4-6-8-14)19-17(20)18-15-11-9-13(2)10-12-15/h4-12,16H,3H2,1-2H3,(H2,18,19,20)/t16-/m1/s1. The molecule has 3 heteroatoms. The number of hydrogen-bond acceptors (Lipinski definition) is 1. The molecular formula is C17H20N2S. The van der Waals surface area contributed by atoms with Crippen LogP contribution in [-0.4, -0.2) is 5.11 Å². The highest BCUT2D eigenvalue weighted by Crippen LogP contribution is 2.16. The zero-order valence-electron chi connectivity index (χ0n) is 11.9. The van der Waals surface area contributed by atoms with Crippen molar-refractivity contribution in [3.05, 3.63) is 65.7 Å². The van der Waals surface area contributed by atoms with Crippen LogP contribution in [-0.2, 0) is 0 Å². The highest BCUT2D eigenvalue weighted by Gasteiger charge is 2.09. The van der Waals surface area contributed by atoms with Gasteiger partial charge in [0.05, 0.1) is 6.04 Å². The normalized spacial score (nSPS) is 11.7. The first kappa shape index (κ1) is 14.5. The van der Waals surface area contributed by atoms with Gasteiger partial charge in [0.1, 0.15) is 0 Å². The minimum Gasteiger partial charge on any atom is -0.356 e. The van der Waals surface area contributed by atoms with Crippen molar-refractivity contribution in [3.63, 3.8) is 0 Å². The molecule has 104 valence electrons. The van der Waals surface area contributed by atoms with Crippen LogP contribution in [0, 0.1) is 6.92 Å². The maximum Gasteiger partial charge on any atom is 0.171 e. The van der Waals surface area contributed by atoms with Gasteiger partial charge in [0.15, 0.2) is 5.11 Å². The Hall–Kier alpha value is -1.87. The molecule has 0 bridgehead atoms. The minimum atomic E-state index is 0.238. The number of nitrogens with one attached hydrogen (secondary N) is 2. The number of thiocarbonyl (C=S) groups is 1. The number of anilines is 1. The second-order valence-electron chi connectivity index (χ2n) is 4.84. The molecule has 2 aromatic carbocycles. The molecule has 0 aliphatic carbocycles. The lowest BCUT2D eigenvalue weighted by Gasteiger charge is -2.20. The minimum absolute atomic E-state index is 0.238. The zero-order chi connectivity index (χ0) is 14.4. The van der Waals surface area contributed by atoms with E-state index in [-0.39, 0.29) is 6.04 Å². The molecule has 0 saturated heterocycles. The molecule has 0 amide bonds. The third kappa shape index (κ3) is 4.07. The van der Waals surface area contributed by atoms with E-state index in [1.807, 2.05) is 18.2 Å². The van der Waals surface area contributed by atoms with Crippen molar-refractivity contribution < 1.29 is 0 Å². The maximum atomic E-state index is 5.39. The average Bonchev–Trinajstić information content (AvgIpc) is 2.48. The smallest absolute Gasteiger partial charge is 0.171 e. The van der Waals surface area contributed by atoms with E-state index in [0.717, 1.165) is 12.1 Å². The predicted octanol–water partition coefficient (Wildman–Crippen LogP) is 4.43. The molecule has 2 N–H and O–H groups in total. The number of benzene rings is 2. The molecule has 0 saturated carbocycles. The van der Waals surface area contributed by atoms with Crippen LogP contribution in [0.2, 0.25) is 0 Å². The Morgan fingerprint density at radius 2 is 1.70 bits per heavy atom. The zero-order valence-corrected chi connectivity index (χ0v) is 12.7. The first-order chi connectivity index (χ1) is 9.69. The molecule has 0 aliphatic rings. The van der Waals surface area contributed by atoms with Crippen LogP contribution in [0.15, 0.2) is 54.6 Å². The van der Waals surface area contributed by atoms with Gasteiger partial charge in [-0.25, -0.2) is 0 Å². The van der Waals surface area contributed by atoms with Crippen LogP contribution >= 0.6 is 12.2 Å². The molecule has 1 atom stereocenters. The predicted molar refractivity (Wildman–Crippen MR) is 90.0 cm³/mol. The topological polar surface area (TPSA) is 24.1 Å². The highest BCUT2D eigenvalue weighted by molar-refractivity contribution is 7.80. The summed E-state index contributed by atoms with van der Waals surface area (Å²) in [6.45, 7) is 4.22. The highest BCUT2D eigenvalue weighted by atomic mass is 32.1. The van der Waals surface area contributed by atoms with Gasteiger partial charge in [0.2, 0.25) is 0 Å². The van der Waals surface area contributed by atoms with Crippen molar-refractivity contribution in [3.8, 4) is 0 Å². The van der Waals surface area contributed by atoms with Crippen LogP contribution in [0.3, 0.4) is 0 Å². The van der Waals surface area contributed by atoms with Gasteiger partial charge in [-0.3, -0.25) is 0 Å². The van der Waals surface area contributed by atoms with Gasteiger partial charge in [-0.1, -0.05) is 55.0 Å². The monoisotopic (exact) mass is 284 g/mol. The molecule has 0 fully saturated rings. The Balaban J connectivity index is 1.97. The molecule has 2 aromatic rings. The van der Waals surface area contributed by atoms with Crippen molar-refractivity contribution in [2.45, 2.75) is 26.3 Å². The van der Waals surface area contributed by atoms with Crippen LogP contribution < -0.4 is 10.6 Å². The summed E-state index contributed by atoms with van der Waals surface area (Å²) in [6, 6.07) is 18.8. The SMILES string of the molecule is CC[C@@H](NC(=S)Nc1ccc(C)cc1)c1ccccc1.